The van der Waals surface area contributed by atoms with Crippen LogP contribution in [0.25, 0.3) is 0 Å². The Morgan fingerprint density at radius 3 is 2.42 bits per heavy atom. The average Bonchev–Trinajstić information content (AvgIpc) is 3.58. The van der Waals surface area contributed by atoms with E-state index >= 15 is 0 Å². The zero-order valence-electron chi connectivity index (χ0n) is 16.2. The molecule has 1 heterocycles. The molecule has 1 aromatic rings. The Hall–Kier alpha value is -1.73. The zero-order valence-corrected chi connectivity index (χ0v) is 17.9. The van der Waals surface area contributed by atoms with Crippen LogP contribution >= 0.6 is 11.3 Å². The number of amides is 2. The van der Waals surface area contributed by atoms with Gasteiger partial charge in [0.05, 0.1) is 5.92 Å². The normalized spacial score (nSPS) is 25.6. The van der Waals surface area contributed by atoms with Gasteiger partial charge in [-0.3, -0.25) is 9.59 Å². The molecular weight excluding hydrogens is 462 g/mol. The van der Waals surface area contributed by atoms with Gasteiger partial charge in [0.1, 0.15) is 16.1 Å². The van der Waals surface area contributed by atoms with Crippen LogP contribution in [0.5, 0.6) is 0 Å². The smallest absolute Gasteiger partial charge is 0.345 e. The van der Waals surface area contributed by atoms with Crippen molar-refractivity contribution in [3.05, 3.63) is 10.4 Å². The molecule has 7 nitrogen and oxygen atoms in total. The number of nitrogens with one attached hydrogen (secondary N) is 3. The van der Waals surface area contributed by atoms with Crippen molar-refractivity contribution in [2.45, 2.75) is 61.8 Å². The van der Waals surface area contributed by atoms with Gasteiger partial charge in [0.25, 0.3) is 0 Å². The molecule has 0 aromatic carbocycles. The molecule has 13 heteroatoms. The van der Waals surface area contributed by atoms with Crippen LogP contribution in [0.1, 0.15) is 36.1 Å². The lowest BCUT2D eigenvalue weighted by Gasteiger charge is -2.24. The molecule has 2 amide bonds. The summed E-state index contributed by atoms with van der Waals surface area (Å²) in [6.07, 6.45) is -4.08. The van der Waals surface area contributed by atoms with E-state index in [4.69, 9.17) is 0 Å². The van der Waals surface area contributed by atoms with Gasteiger partial charge in [-0.1, -0.05) is 0 Å². The highest BCUT2D eigenvalue weighted by Crippen LogP contribution is 2.43. The maximum atomic E-state index is 13.3. The number of fused-ring (bicyclic) bond motifs is 1. The van der Waals surface area contributed by atoms with Crippen LogP contribution in [-0.4, -0.2) is 45.2 Å². The third-order valence-electron chi connectivity index (χ3n) is 5.62. The minimum atomic E-state index is -5.04. The van der Waals surface area contributed by atoms with Gasteiger partial charge >= 0.3 is 12.1 Å². The van der Waals surface area contributed by atoms with E-state index in [1.54, 1.807) is 0 Å². The van der Waals surface area contributed by atoms with Gasteiger partial charge in [-0.25, -0.2) is 17.5 Å². The quantitative estimate of drug-likeness (QED) is 0.518. The van der Waals surface area contributed by atoms with Crippen LogP contribution < -0.4 is 15.4 Å². The monoisotopic (exact) mass is 483 g/mol. The number of thiophene rings is 1. The van der Waals surface area contributed by atoms with E-state index in [1.165, 1.54) is 0 Å². The molecule has 2 saturated carbocycles. The molecule has 172 valence electrons. The lowest BCUT2D eigenvalue weighted by atomic mass is 9.94. The largest absolute Gasteiger partial charge is 0.471 e. The van der Waals surface area contributed by atoms with Crippen molar-refractivity contribution in [1.29, 1.82) is 0 Å². The SMILES string of the molecule is O=C(Nc1sc2c(c1S(=O)(=O)NCC1CC1)C[C@@H](NC(=O)C(F)(F)F)CC2)C1CC1F. The van der Waals surface area contributed by atoms with E-state index in [1.807, 2.05) is 5.32 Å². The molecular formula is C18H21F4N3O4S2. The lowest BCUT2D eigenvalue weighted by molar-refractivity contribution is -0.174. The Kier molecular flexibility index (Phi) is 5.80. The first-order valence-electron chi connectivity index (χ1n) is 9.92. The fourth-order valence-electron chi connectivity index (χ4n) is 3.58. The van der Waals surface area contributed by atoms with E-state index in [9.17, 15) is 35.6 Å². The van der Waals surface area contributed by atoms with E-state index in [0.29, 0.717) is 4.88 Å². The molecule has 2 unspecified atom stereocenters. The predicted molar refractivity (Wildman–Crippen MR) is 104 cm³/mol. The second-order valence-corrected chi connectivity index (χ2v) is 11.0. The van der Waals surface area contributed by atoms with E-state index in [2.05, 4.69) is 10.0 Å². The van der Waals surface area contributed by atoms with Crippen LogP contribution in [0.3, 0.4) is 0 Å². The maximum Gasteiger partial charge on any atom is 0.471 e. The molecule has 3 atom stereocenters. The summed E-state index contributed by atoms with van der Waals surface area (Å²) in [6, 6.07) is -0.893. The third-order valence-corrected chi connectivity index (χ3v) is 8.49. The summed E-state index contributed by atoms with van der Waals surface area (Å²) in [4.78, 5) is 24.0. The predicted octanol–water partition coefficient (Wildman–Crippen LogP) is 2.27. The summed E-state index contributed by atoms with van der Waals surface area (Å²) in [5.74, 6) is -3.29. The van der Waals surface area contributed by atoms with Crippen LogP contribution in [0.4, 0.5) is 22.6 Å². The molecule has 4 rings (SSSR count). The molecule has 2 fully saturated rings. The zero-order chi connectivity index (χ0) is 22.6. The van der Waals surface area contributed by atoms with E-state index in [-0.39, 0.29) is 53.6 Å². The summed E-state index contributed by atoms with van der Waals surface area (Å²) >= 11 is 1.03. The van der Waals surface area contributed by atoms with Crippen molar-refractivity contribution in [1.82, 2.24) is 10.0 Å². The van der Waals surface area contributed by atoms with Gasteiger partial charge in [0.2, 0.25) is 15.9 Å². The van der Waals surface area contributed by atoms with Crippen molar-refractivity contribution in [2.24, 2.45) is 11.8 Å². The van der Waals surface area contributed by atoms with Crippen LogP contribution in [0.2, 0.25) is 0 Å². The molecule has 0 aliphatic heterocycles. The Labute approximate surface area is 180 Å². The second-order valence-electron chi connectivity index (χ2n) is 8.22. The van der Waals surface area contributed by atoms with Gasteiger partial charge in [-0.15, -0.1) is 11.3 Å². The summed E-state index contributed by atoms with van der Waals surface area (Å²) in [7, 11) is -4.07. The lowest BCUT2D eigenvalue weighted by Crippen LogP contribution is -2.45. The van der Waals surface area contributed by atoms with Crippen molar-refractivity contribution in [3.8, 4) is 0 Å². The first-order chi connectivity index (χ1) is 14.5. The van der Waals surface area contributed by atoms with Crippen LogP contribution in [-0.2, 0) is 32.5 Å². The second kappa shape index (κ2) is 8.00. The Morgan fingerprint density at radius 2 is 1.84 bits per heavy atom. The highest BCUT2D eigenvalue weighted by Gasteiger charge is 2.45. The molecule has 3 aliphatic carbocycles. The van der Waals surface area contributed by atoms with Gasteiger partial charge in [-0.2, -0.15) is 13.2 Å². The average molecular weight is 484 g/mol. The molecule has 0 bridgehead atoms. The molecule has 0 radical (unpaired) electrons. The first kappa shape index (κ1) is 22.5. The molecule has 3 aliphatic rings. The highest BCUT2D eigenvalue weighted by molar-refractivity contribution is 7.90. The van der Waals surface area contributed by atoms with Crippen molar-refractivity contribution in [2.75, 3.05) is 11.9 Å². The van der Waals surface area contributed by atoms with Gasteiger partial charge in [0, 0.05) is 17.5 Å². The number of sulfonamides is 1. The minimum Gasteiger partial charge on any atom is -0.345 e. The summed E-state index contributed by atoms with van der Waals surface area (Å²) in [5.41, 5.74) is 0.287. The Morgan fingerprint density at radius 1 is 1.16 bits per heavy atom. The molecule has 0 spiro atoms. The van der Waals surface area contributed by atoms with E-state index in [0.717, 1.165) is 24.2 Å². The number of carbonyl (C=O) groups is 2. The molecule has 31 heavy (non-hydrogen) atoms. The number of rotatable bonds is 7. The Balaban J connectivity index is 1.61. The third kappa shape index (κ3) is 5.03. The summed E-state index contributed by atoms with van der Waals surface area (Å²) in [5, 5.41) is 4.46. The fourth-order valence-corrected chi connectivity index (χ4v) is 6.66. The first-order valence-corrected chi connectivity index (χ1v) is 12.2. The van der Waals surface area contributed by atoms with Crippen molar-refractivity contribution < 1.29 is 35.6 Å². The Bertz CT molecular complexity index is 1000. The molecule has 1 aromatic heterocycles. The highest BCUT2D eigenvalue weighted by atomic mass is 32.2. The number of halogens is 4. The van der Waals surface area contributed by atoms with Crippen molar-refractivity contribution >= 4 is 38.2 Å². The molecule has 3 N–H and O–H groups in total. The van der Waals surface area contributed by atoms with Crippen LogP contribution in [0, 0.1) is 11.8 Å². The number of carbonyl (C=O) groups excluding carboxylic acids is 2. The van der Waals surface area contributed by atoms with Crippen molar-refractivity contribution in [3.63, 3.8) is 0 Å². The number of hydrogen-bond donors (Lipinski definition) is 3. The maximum absolute atomic E-state index is 13.3. The van der Waals surface area contributed by atoms with E-state index < -0.39 is 46.1 Å². The molecule has 0 saturated heterocycles. The minimum absolute atomic E-state index is 0.0418. The van der Waals surface area contributed by atoms with Gasteiger partial charge < -0.3 is 10.6 Å². The number of hydrogen-bond acceptors (Lipinski definition) is 5. The van der Waals surface area contributed by atoms with Crippen LogP contribution in [0.15, 0.2) is 4.90 Å². The summed E-state index contributed by atoms with van der Waals surface area (Å²) in [6.45, 7) is 0.226. The number of aryl methyl sites for hydroxylation is 1. The van der Waals surface area contributed by atoms with Gasteiger partial charge in [0.15, 0.2) is 0 Å². The number of alkyl halides is 4. The standard InChI is InChI=1S/C18H21F4N3O4S2/c19-12-6-10(12)15(26)25-16-14(31(28,29)23-7-8-1-2-8)11-5-9(3-4-13(11)30-16)24-17(27)18(20,21)22/h8-10,12,23H,1-7H2,(H,24,27)(H,25,26)/t9-,10?,12?/m0/s1. The van der Waals surface area contributed by atoms with Gasteiger partial charge in [-0.05, 0) is 50.0 Å². The fraction of sp³-hybridized carbons (Fsp3) is 0.667. The number of anilines is 1. The summed E-state index contributed by atoms with van der Waals surface area (Å²) < 4.78 is 79.7. The topological polar surface area (TPSA) is 104 Å².